The molecule has 1 fully saturated rings. The zero-order valence-corrected chi connectivity index (χ0v) is 27.5. The summed E-state index contributed by atoms with van der Waals surface area (Å²) in [5, 5.41) is 3.55. The molecule has 3 aromatic rings. The third-order valence-electron chi connectivity index (χ3n) is 8.16. The van der Waals surface area contributed by atoms with Gasteiger partial charge in [0.05, 0.1) is 17.7 Å². The lowest BCUT2D eigenvalue weighted by molar-refractivity contribution is -0.140. The van der Waals surface area contributed by atoms with Crippen LogP contribution in [0.1, 0.15) is 62.1 Å². The lowest BCUT2D eigenvalue weighted by Gasteiger charge is -2.34. The Morgan fingerprint density at radius 2 is 1.70 bits per heavy atom. The van der Waals surface area contributed by atoms with Crippen molar-refractivity contribution < 1.29 is 22.7 Å². The molecule has 236 valence electrons. The van der Waals surface area contributed by atoms with Gasteiger partial charge in [-0.25, -0.2) is 8.42 Å². The van der Waals surface area contributed by atoms with E-state index in [4.69, 9.17) is 16.3 Å². The molecule has 0 aliphatic heterocycles. The van der Waals surface area contributed by atoms with Crippen LogP contribution in [-0.4, -0.2) is 50.9 Å². The van der Waals surface area contributed by atoms with Crippen LogP contribution in [0.2, 0.25) is 5.02 Å². The minimum atomic E-state index is -4.18. The van der Waals surface area contributed by atoms with Crippen molar-refractivity contribution in [1.82, 2.24) is 10.2 Å². The van der Waals surface area contributed by atoms with Gasteiger partial charge in [-0.15, -0.1) is 0 Å². The maximum Gasteiger partial charge on any atom is 0.264 e. The molecule has 0 heterocycles. The minimum absolute atomic E-state index is 0.0500. The number of anilines is 1. The number of hydrogen-bond donors (Lipinski definition) is 1. The first-order chi connectivity index (χ1) is 21.0. The van der Waals surface area contributed by atoms with Gasteiger partial charge in [-0.2, -0.15) is 0 Å². The summed E-state index contributed by atoms with van der Waals surface area (Å²) < 4.78 is 34.7. The van der Waals surface area contributed by atoms with Crippen LogP contribution in [0.15, 0.2) is 71.6 Å². The second-order valence-electron chi connectivity index (χ2n) is 11.4. The number of benzene rings is 3. The van der Waals surface area contributed by atoms with E-state index in [-0.39, 0.29) is 29.1 Å². The molecule has 0 saturated heterocycles. The Kier molecular flexibility index (Phi) is 11.3. The lowest BCUT2D eigenvalue weighted by Crippen LogP contribution is -2.54. The van der Waals surface area contributed by atoms with Crippen LogP contribution in [0.3, 0.4) is 0 Å². The highest BCUT2D eigenvalue weighted by Crippen LogP contribution is 2.29. The van der Waals surface area contributed by atoms with Crippen molar-refractivity contribution in [3.05, 3.63) is 88.4 Å². The van der Waals surface area contributed by atoms with Crippen LogP contribution in [0.4, 0.5) is 5.69 Å². The molecule has 8 nitrogen and oxygen atoms in total. The number of carbonyl (C=O) groups is 2. The van der Waals surface area contributed by atoms with Crippen molar-refractivity contribution in [2.75, 3.05) is 18.0 Å². The second-order valence-corrected chi connectivity index (χ2v) is 13.7. The predicted molar refractivity (Wildman–Crippen MR) is 175 cm³/mol. The average molecular weight is 640 g/mol. The van der Waals surface area contributed by atoms with Crippen molar-refractivity contribution in [2.45, 2.75) is 82.8 Å². The third kappa shape index (κ3) is 8.12. The van der Waals surface area contributed by atoms with Gasteiger partial charge in [-0.1, -0.05) is 73.7 Å². The van der Waals surface area contributed by atoms with E-state index in [1.807, 2.05) is 39.0 Å². The molecule has 0 unspecified atom stereocenters. The van der Waals surface area contributed by atoms with Gasteiger partial charge in [0, 0.05) is 17.6 Å². The summed E-state index contributed by atoms with van der Waals surface area (Å²) in [6.07, 6.45) is 5.43. The summed E-state index contributed by atoms with van der Waals surface area (Å²) >= 11 is 6.44. The maximum atomic E-state index is 14.3. The number of ether oxygens (including phenoxy) is 1. The van der Waals surface area contributed by atoms with E-state index in [9.17, 15) is 18.0 Å². The average Bonchev–Trinajstić information content (AvgIpc) is 3.01. The van der Waals surface area contributed by atoms with E-state index in [0.29, 0.717) is 17.2 Å². The van der Waals surface area contributed by atoms with Crippen molar-refractivity contribution >= 4 is 39.1 Å². The highest BCUT2D eigenvalue weighted by molar-refractivity contribution is 7.92. The topological polar surface area (TPSA) is 96.0 Å². The van der Waals surface area contributed by atoms with Crippen LogP contribution < -0.4 is 14.4 Å². The Balaban J connectivity index is 1.73. The zero-order valence-electron chi connectivity index (χ0n) is 25.9. The van der Waals surface area contributed by atoms with E-state index >= 15 is 0 Å². The molecule has 0 bridgehead atoms. The molecule has 3 aromatic carbocycles. The summed E-state index contributed by atoms with van der Waals surface area (Å²) in [6.45, 7) is 5.13. The molecule has 0 aromatic heterocycles. The van der Waals surface area contributed by atoms with Gasteiger partial charge in [0.15, 0.2) is 0 Å². The van der Waals surface area contributed by atoms with Gasteiger partial charge in [-0.05, 0) is 80.6 Å². The number of sulfonamides is 1. The number of methoxy groups -OCH3 is 1. The van der Waals surface area contributed by atoms with Crippen LogP contribution >= 0.6 is 11.6 Å². The fraction of sp³-hybridized carbons (Fsp3) is 0.412. The smallest absolute Gasteiger partial charge is 0.264 e. The predicted octanol–water partition coefficient (Wildman–Crippen LogP) is 6.42. The number of nitrogens with zero attached hydrogens (tertiary/aromatic N) is 2. The SMILES string of the molecule is CC[C@H](C(=O)NC1CCCCC1)N(Cc1cccc(OC)c1)C(=O)CN(c1ccc(C)c(Cl)c1)S(=O)(=O)c1ccc(C)cc1. The van der Waals surface area contributed by atoms with Crippen molar-refractivity contribution in [2.24, 2.45) is 0 Å². The summed E-state index contributed by atoms with van der Waals surface area (Å²) in [6, 6.07) is 17.9. The first kappa shape index (κ1) is 33.3. The van der Waals surface area contributed by atoms with E-state index < -0.39 is 28.5 Å². The van der Waals surface area contributed by atoms with Gasteiger partial charge in [0.25, 0.3) is 10.0 Å². The van der Waals surface area contributed by atoms with Gasteiger partial charge in [0.1, 0.15) is 18.3 Å². The number of aryl methyl sites for hydroxylation is 2. The van der Waals surface area contributed by atoms with E-state index in [1.54, 1.807) is 43.5 Å². The summed E-state index contributed by atoms with van der Waals surface area (Å²) in [4.78, 5) is 29.6. The maximum absolute atomic E-state index is 14.3. The first-order valence-electron chi connectivity index (χ1n) is 15.1. The molecule has 0 radical (unpaired) electrons. The van der Waals surface area contributed by atoms with Crippen LogP contribution in [0.5, 0.6) is 5.75 Å². The summed E-state index contributed by atoms with van der Waals surface area (Å²) in [5.41, 5.74) is 2.70. The number of nitrogens with one attached hydrogen (secondary N) is 1. The first-order valence-corrected chi connectivity index (χ1v) is 16.9. The molecule has 4 rings (SSSR count). The Morgan fingerprint density at radius 3 is 2.34 bits per heavy atom. The molecule has 1 atom stereocenters. The lowest BCUT2D eigenvalue weighted by atomic mass is 9.95. The molecular formula is C34H42ClN3O5S. The normalized spacial score (nSPS) is 14.5. The fourth-order valence-corrected chi connectivity index (χ4v) is 7.12. The van der Waals surface area contributed by atoms with Crippen molar-refractivity contribution in [3.8, 4) is 5.75 Å². The number of carbonyl (C=O) groups excluding carboxylic acids is 2. The van der Waals surface area contributed by atoms with E-state index in [1.165, 1.54) is 17.0 Å². The third-order valence-corrected chi connectivity index (χ3v) is 10.4. The molecule has 0 spiro atoms. The monoisotopic (exact) mass is 639 g/mol. The summed E-state index contributed by atoms with van der Waals surface area (Å²) in [5.74, 6) is -0.125. The molecule has 2 amide bonds. The quantitative estimate of drug-likeness (QED) is 0.247. The molecule has 1 saturated carbocycles. The number of rotatable bonds is 12. The zero-order chi connectivity index (χ0) is 31.9. The molecule has 44 heavy (non-hydrogen) atoms. The highest BCUT2D eigenvalue weighted by Gasteiger charge is 2.34. The van der Waals surface area contributed by atoms with Gasteiger partial charge >= 0.3 is 0 Å². The molecule has 1 N–H and O–H groups in total. The minimum Gasteiger partial charge on any atom is -0.497 e. The second kappa shape index (κ2) is 14.9. The molecule has 10 heteroatoms. The Bertz CT molecular complexity index is 1560. The van der Waals surface area contributed by atoms with E-state index in [2.05, 4.69) is 5.32 Å². The van der Waals surface area contributed by atoms with Gasteiger partial charge in [0.2, 0.25) is 11.8 Å². The molecule has 1 aliphatic rings. The standard InChI is InChI=1S/C34H42ClN3O5S/c1-5-32(34(40)36-27-11-7-6-8-12-27)37(22-26-10-9-13-29(20-26)43-4)33(39)23-38(28-17-16-25(3)31(35)21-28)44(41,42)30-18-14-24(2)15-19-30/h9-10,13-21,27,32H,5-8,11-12,22-23H2,1-4H3,(H,36,40)/t32-/m1/s1. The van der Waals surface area contributed by atoms with Crippen LogP contribution in [0, 0.1) is 13.8 Å². The van der Waals surface area contributed by atoms with Gasteiger partial charge in [-0.3, -0.25) is 13.9 Å². The largest absolute Gasteiger partial charge is 0.497 e. The fourth-order valence-electron chi connectivity index (χ4n) is 5.53. The number of amides is 2. The van der Waals surface area contributed by atoms with Crippen molar-refractivity contribution in [1.29, 1.82) is 0 Å². The highest BCUT2D eigenvalue weighted by atomic mass is 35.5. The Hall–Kier alpha value is -3.56. The Labute approximate surface area is 266 Å². The number of hydrogen-bond acceptors (Lipinski definition) is 5. The molecular weight excluding hydrogens is 598 g/mol. The molecule has 1 aliphatic carbocycles. The van der Waals surface area contributed by atoms with Crippen LogP contribution in [0.25, 0.3) is 0 Å². The number of halogens is 1. The van der Waals surface area contributed by atoms with Crippen molar-refractivity contribution in [3.63, 3.8) is 0 Å². The van der Waals surface area contributed by atoms with Gasteiger partial charge < -0.3 is 15.0 Å². The Morgan fingerprint density at radius 1 is 1.00 bits per heavy atom. The van der Waals surface area contributed by atoms with Crippen LogP contribution in [-0.2, 0) is 26.2 Å². The van der Waals surface area contributed by atoms with E-state index in [0.717, 1.165) is 53.1 Å². The summed E-state index contributed by atoms with van der Waals surface area (Å²) in [7, 11) is -2.62.